The molecule has 1 N–H and O–H groups in total. The molecular formula is C4H3OSi. The highest BCUT2D eigenvalue weighted by molar-refractivity contribution is 6.68. The van der Waals surface area contributed by atoms with Crippen molar-refractivity contribution in [1.29, 1.82) is 0 Å². The summed E-state index contributed by atoms with van der Waals surface area (Å²) < 4.78 is 0. The third kappa shape index (κ3) is 1.60. The standard InChI is InChI=1S/C4H3OSi/c1-3-6(5)4-2/h1-2,5H. The molecule has 29 valence electrons. The smallest absolute Gasteiger partial charge is 0.393 e. The fourth-order valence-corrected chi connectivity index (χ4v) is 0.125. The Hall–Kier alpha value is -0.703. The lowest BCUT2D eigenvalue weighted by atomic mass is 11.4. The summed E-state index contributed by atoms with van der Waals surface area (Å²) in [4.78, 5) is 8.30. The summed E-state index contributed by atoms with van der Waals surface area (Å²) in [6.45, 7) is 0. The van der Waals surface area contributed by atoms with Gasteiger partial charge in [-0.3, -0.25) is 0 Å². The first-order valence-electron chi connectivity index (χ1n) is 1.30. The first-order valence-corrected chi connectivity index (χ1v) is 2.75. The van der Waals surface area contributed by atoms with E-state index in [-0.39, 0.29) is 0 Å². The van der Waals surface area contributed by atoms with Crippen LogP contribution in [0.2, 0.25) is 0 Å². The quantitative estimate of drug-likeness (QED) is 0.312. The summed E-state index contributed by atoms with van der Waals surface area (Å²) in [6, 6.07) is 0. The van der Waals surface area contributed by atoms with Crippen LogP contribution in [0.15, 0.2) is 0 Å². The normalized spacial score (nSPS) is 6.67. The van der Waals surface area contributed by atoms with Crippen LogP contribution in [-0.4, -0.2) is 13.8 Å². The van der Waals surface area contributed by atoms with Gasteiger partial charge in [-0.25, -0.2) is 0 Å². The van der Waals surface area contributed by atoms with Crippen molar-refractivity contribution in [2.75, 3.05) is 0 Å². The van der Waals surface area contributed by atoms with Crippen LogP contribution in [0.3, 0.4) is 0 Å². The fourth-order valence-electron chi connectivity index (χ4n) is 0.0417. The van der Waals surface area contributed by atoms with Crippen LogP contribution in [0.25, 0.3) is 0 Å². The molecule has 0 aliphatic rings. The van der Waals surface area contributed by atoms with Crippen molar-refractivity contribution in [3.05, 3.63) is 0 Å². The maximum Gasteiger partial charge on any atom is 0.393 e. The Bertz CT molecular complexity index is 91.7. The van der Waals surface area contributed by atoms with Gasteiger partial charge in [0.25, 0.3) is 0 Å². The number of rotatable bonds is 0. The maximum atomic E-state index is 8.30. The molecule has 0 fully saturated rings. The number of hydrogen-bond donors (Lipinski definition) is 1. The van der Waals surface area contributed by atoms with Crippen molar-refractivity contribution in [1.82, 2.24) is 0 Å². The van der Waals surface area contributed by atoms with E-state index in [0.29, 0.717) is 0 Å². The van der Waals surface area contributed by atoms with Crippen LogP contribution in [-0.2, 0) is 0 Å². The molecule has 0 aromatic rings. The minimum absolute atomic E-state index is 1.81. The molecule has 0 aliphatic carbocycles. The Morgan fingerprint density at radius 3 is 1.67 bits per heavy atom. The molecular weight excluding hydrogens is 92.1 g/mol. The summed E-state index contributed by atoms with van der Waals surface area (Å²) in [5, 5.41) is 0. The van der Waals surface area contributed by atoms with Crippen LogP contribution in [0.1, 0.15) is 0 Å². The Balaban J connectivity index is 3.40. The second-order valence-electron chi connectivity index (χ2n) is 0.637. The van der Waals surface area contributed by atoms with Gasteiger partial charge in [0.1, 0.15) is 0 Å². The Morgan fingerprint density at radius 2 is 1.67 bits per heavy atom. The van der Waals surface area contributed by atoms with E-state index in [1.807, 2.05) is 11.1 Å². The third-order valence-corrected chi connectivity index (χ3v) is 0.820. The van der Waals surface area contributed by atoms with Crippen molar-refractivity contribution in [3.63, 3.8) is 0 Å². The lowest BCUT2D eigenvalue weighted by Crippen LogP contribution is -2.03. The zero-order chi connectivity index (χ0) is 4.99. The molecule has 0 spiro atoms. The van der Waals surface area contributed by atoms with Gasteiger partial charge in [-0.1, -0.05) is 11.1 Å². The number of terminal acetylenes is 2. The van der Waals surface area contributed by atoms with Crippen molar-refractivity contribution >= 4 is 9.04 Å². The highest BCUT2D eigenvalue weighted by Gasteiger charge is 1.91. The van der Waals surface area contributed by atoms with Gasteiger partial charge in [-0.15, -0.1) is 12.8 Å². The van der Waals surface area contributed by atoms with Gasteiger partial charge in [0.15, 0.2) is 0 Å². The predicted octanol–water partition coefficient (Wildman–Crippen LogP) is -0.685. The molecule has 2 heteroatoms. The van der Waals surface area contributed by atoms with Crippen LogP contribution < -0.4 is 0 Å². The summed E-state index contributed by atoms with van der Waals surface area (Å²) in [5.41, 5.74) is 4.07. The average molecular weight is 95.2 g/mol. The monoisotopic (exact) mass is 95.0 g/mol. The highest BCUT2D eigenvalue weighted by Crippen LogP contribution is 1.60. The zero-order valence-electron chi connectivity index (χ0n) is 3.10. The van der Waals surface area contributed by atoms with Crippen LogP contribution in [0, 0.1) is 23.9 Å². The van der Waals surface area contributed by atoms with Gasteiger partial charge < -0.3 is 4.80 Å². The molecule has 0 amide bonds. The highest BCUT2D eigenvalue weighted by atomic mass is 28.3. The van der Waals surface area contributed by atoms with Gasteiger partial charge in [0.2, 0.25) is 0 Å². The average Bonchev–Trinajstić information content (AvgIpc) is 1.65. The van der Waals surface area contributed by atoms with E-state index < -0.39 is 9.04 Å². The third-order valence-electron chi connectivity index (χ3n) is 0.273. The Labute approximate surface area is 38.7 Å². The van der Waals surface area contributed by atoms with Crippen molar-refractivity contribution < 1.29 is 4.80 Å². The van der Waals surface area contributed by atoms with E-state index in [1.54, 1.807) is 0 Å². The van der Waals surface area contributed by atoms with Crippen LogP contribution in [0.5, 0.6) is 0 Å². The molecule has 0 rings (SSSR count). The summed E-state index contributed by atoms with van der Waals surface area (Å²) in [6.07, 6.45) is 9.37. The molecule has 0 atom stereocenters. The summed E-state index contributed by atoms with van der Waals surface area (Å²) in [7, 11) is -1.81. The van der Waals surface area contributed by atoms with E-state index in [2.05, 4.69) is 12.8 Å². The topological polar surface area (TPSA) is 20.2 Å². The molecule has 0 heterocycles. The molecule has 1 nitrogen and oxygen atoms in total. The predicted molar refractivity (Wildman–Crippen MR) is 25.6 cm³/mol. The SMILES string of the molecule is C#C[Si](O)C#C. The zero-order valence-corrected chi connectivity index (χ0v) is 4.10. The van der Waals surface area contributed by atoms with E-state index in [0.717, 1.165) is 0 Å². The van der Waals surface area contributed by atoms with E-state index in [4.69, 9.17) is 4.80 Å². The molecule has 0 saturated heterocycles. The van der Waals surface area contributed by atoms with E-state index >= 15 is 0 Å². The maximum absolute atomic E-state index is 8.30. The molecule has 0 unspecified atom stereocenters. The number of hydrogen-bond acceptors (Lipinski definition) is 1. The largest absolute Gasteiger partial charge is 0.412 e. The second kappa shape index (κ2) is 2.53. The van der Waals surface area contributed by atoms with Gasteiger partial charge in [0, 0.05) is 0 Å². The van der Waals surface area contributed by atoms with Crippen LogP contribution in [0.4, 0.5) is 0 Å². The molecule has 1 radical (unpaired) electrons. The molecule has 0 saturated carbocycles. The van der Waals surface area contributed by atoms with Crippen LogP contribution >= 0.6 is 0 Å². The van der Waals surface area contributed by atoms with Gasteiger partial charge in [0.05, 0.1) is 0 Å². The van der Waals surface area contributed by atoms with E-state index in [1.165, 1.54) is 0 Å². The minimum Gasteiger partial charge on any atom is -0.412 e. The Kier molecular flexibility index (Phi) is 2.23. The minimum atomic E-state index is -1.81. The Morgan fingerprint density at radius 1 is 1.33 bits per heavy atom. The lowest BCUT2D eigenvalue weighted by molar-refractivity contribution is 0.603. The van der Waals surface area contributed by atoms with Crippen molar-refractivity contribution in [3.8, 4) is 23.9 Å². The molecule has 0 aromatic heterocycles. The molecule has 0 aromatic carbocycles. The molecule has 0 bridgehead atoms. The molecule has 0 aliphatic heterocycles. The fraction of sp³-hybridized carbons (Fsp3) is 0. The van der Waals surface area contributed by atoms with Gasteiger partial charge >= 0.3 is 9.04 Å². The first kappa shape index (κ1) is 5.30. The van der Waals surface area contributed by atoms with Crippen molar-refractivity contribution in [2.45, 2.75) is 0 Å². The van der Waals surface area contributed by atoms with E-state index in [9.17, 15) is 0 Å². The summed E-state index contributed by atoms with van der Waals surface area (Å²) in [5.74, 6) is 0. The summed E-state index contributed by atoms with van der Waals surface area (Å²) >= 11 is 0. The first-order chi connectivity index (χ1) is 2.81. The van der Waals surface area contributed by atoms with Gasteiger partial charge in [-0.2, -0.15) is 0 Å². The van der Waals surface area contributed by atoms with Gasteiger partial charge in [-0.05, 0) is 0 Å². The molecule has 6 heavy (non-hydrogen) atoms. The van der Waals surface area contributed by atoms with Crippen molar-refractivity contribution in [2.24, 2.45) is 0 Å². The second-order valence-corrected chi connectivity index (χ2v) is 1.91. The lowest BCUT2D eigenvalue weighted by Gasteiger charge is -1.74.